The van der Waals surface area contributed by atoms with Crippen molar-refractivity contribution in [3.63, 3.8) is 0 Å². The van der Waals surface area contributed by atoms with Crippen LogP contribution in [0.15, 0.2) is 18.2 Å². The maximum absolute atomic E-state index is 8.55. The summed E-state index contributed by atoms with van der Waals surface area (Å²) in [6.45, 7) is 0. The van der Waals surface area contributed by atoms with E-state index in [9.17, 15) is 0 Å². The summed E-state index contributed by atoms with van der Waals surface area (Å²) in [5.74, 6) is 0.704. The monoisotopic (exact) mass is 204 g/mol. The topological polar surface area (TPSA) is 32.7 Å². The molecule has 1 aliphatic carbocycles. The fourth-order valence-corrected chi connectivity index (χ4v) is 2.24. The Bertz CT molecular complexity index is 354. The minimum absolute atomic E-state index is 0.521. The van der Waals surface area contributed by atoms with Crippen molar-refractivity contribution in [2.45, 2.75) is 18.9 Å². The molecule has 0 spiro atoms. The first-order chi connectivity index (χ1) is 7.22. The Balaban J connectivity index is 2.25. The summed E-state index contributed by atoms with van der Waals surface area (Å²) in [6, 6.07) is 6.51. The third-order valence-corrected chi connectivity index (χ3v) is 2.97. The van der Waals surface area contributed by atoms with Gasteiger partial charge < -0.3 is 14.6 Å². The van der Waals surface area contributed by atoms with E-state index in [0.29, 0.717) is 11.8 Å². The minimum atomic E-state index is 0.521. The van der Waals surface area contributed by atoms with Gasteiger partial charge in [0, 0.05) is 6.04 Å². The van der Waals surface area contributed by atoms with E-state index in [4.69, 9.17) is 9.68 Å². The van der Waals surface area contributed by atoms with Gasteiger partial charge in [-0.2, -0.15) is 0 Å². The zero-order chi connectivity index (χ0) is 10.8. The number of aryl methyl sites for hydroxylation is 1. The smallest absolute Gasteiger partial charge is 0.537 e. The molecule has 0 fully saturated rings. The molecule has 79 valence electrons. The second-order valence-corrected chi connectivity index (χ2v) is 4.10. The van der Waals surface area contributed by atoms with Crippen LogP contribution >= 0.6 is 0 Å². The van der Waals surface area contributed by atoms with E-state index in [-0.39, 0.29) is 0 Å². The molecule has 0 heterocycles. The summed E-state index contributed by atoms with van der Waals surface area (Å²) in [4.78, 5) is 2.24. The molecule has 1 N–H and O–H groups in total. The van der Waals surface area contributed by atoms with Gasteiger partial charge in [-0.3, -0.25) is 0 Å². The van der Waals surface area contributed by atoms with Crippen LogP contribution in [0.1, 0.15) is 23.6 Å². The van der Waals surface area contributed by atoms with Crippen molar-refractivity contribution in [3.05, 3.63) is 29.3 Å². The summed E-state index contributed by atoms with van der Waals surface area (Å²) in [5, 5.41) is 8.55. The maximum atomic E-state index is 8.55. The van der Waals surface area contributed by atoms with Crippen molar-refractivity contribution >= 4 is 7.69 Å². The predicted octanol–water partition coefficient (Wildman–Crippen LogP) is 1.14. The number of rotatable bonds is 3. The van der Waals surface area contributed by atoms with Gasteiger partial charge in [0.25, 0.3) is 0 Å². The first kappa shape index (κ1) is 10.5. The van der Waals surface area contributed by atoms with Gasteiger partial charge >= 0.3 is 7.69 Å². The Hall–Kier alpha value is -0.995. The van der Waals surface area contributed by atoms with Crippen LogP contribution < -0.4 is 4.65 Å². The van der Waals surface area contributed by atoms with Gasteiger partial charge in [0.2, 0.25) is 0 Å². The molecule has 0 saturated carbocycles. The SMILES string of the molecule is CN(C)C1CCc2cc(O[B]O)ccc21. The summed E-state index contributed by atoms with van der Waals surface area (Å²) in [6.07, 6.45) is 2.25. The molecule has 1 radical (unpaired) electrons. The van der Waals surface area contributed by atoms with Crippen LogP contribution in [0.3, 0.4) is 0 Å². The molecule has 4 heteroatoms. The second kappa shape index (κ2) is 4.25. The van der Waals surface area contributed by atoms with Crippen molar-refractivity contribution in [3.8, 4) is 5.75 Å². The van der Waals surface area contributed by atoms with Gasteiger partial charge in [0.05, 0.1) is 0 Å². The van der Waals surface area contributed by atoms with Crippen molar-refractivity contribution in [2.75, 3.05) is 14.1 Å². The molecular weight excluding hydrogens is 189 g/mol. The minimum Gasteiger partial charge on any atom is -0.537 e. The highest BCUT2D eigenvalue weighted by Crippen LogP contribution is 2.36. The van der Waals surface area contributed by atoms with Crippen LogP contribution in [0, 0.1) is 0 Å². The van der Waals surface area contributed by atoms with Gasteiger partial charge in [-0.1, -0.05) is 6.07 Å². The number of nitrogens with zero attached hydrogens (tertiary/aromatic N) is 1. The van der Waals surface area contributed by atoms with Crippen molar-refractivity contribution in [1.82, 2.24) is 4.90 Å². The number of benzene rings is 1. The second-order valence-electron chi connectivity index (χ2n) is 4.10. The molecule has 15 heavy (non-hydrogen) atoms. The van der Waals surface area contributed by atoms with E-state index < -0.39 is 0 Å². The standard InChI is InChI=1S/C11H15BNO2/c1-13(2)11-6-3-8-7-9(15-12-14)4-5-10(8)11/h4-5,7,11,14H,3,6H2,1-2H3. The van der Waals surface area contributed by atoms with Crippen molar-refractivity contribution in [1.29, 1.82) is 0 Å². The van der Waals surface area contributed by atoms with E-state index >= 15 is 0 Å². The lowest BCUT2D eigenvalue weighted by atomic mass is 10.1. The highest BCUT2D eigenvalue weighted by molar-refractivity contribution is 6.17. The molecular formula is C11H15BNO2. The van der Waals surface area contributed by atoms with Crippen molar-refractivity contribution < 1.29 is 9.68 Å². The first-order valence-corrected chi connectivity index (χ1v) is 5.14. The molecule has 1 aromatic rings. The van der Waals surface area contributed by atoms with Crippen LogP contribution in [0.4, 0.5) is 0 Å². The molecule has 1 atom stereocenters. The third-order valence-electron chi connectivity index (χ3n) is 2.97. The van der Waals surface area contributed by atoms with Gasteiger partial charge in [0.15, 0.2) is 0 Å². The van der Waals surface area contributed by atoms with Crippen LogP contribution in [-0.2, 0) is 6.42 Å². The Morgan fingerprint density at radius 3 is 2.93 bits per heavy atom. The first-order valence-electron chi connectivity index (χ1n) is 5.14. The van der Waals surface area contributed by atoms with E-state index in [2.05, 4.69) is 25.1 Å². The van der Waals surface area contributed by atoms with Crippen molar-refractivity contribution in [2.24, 2.45) is 0 Å². The Morgan fingerprint density at radius 2 is 2.27 bits per heavy atom. The van der Waals surface area contributed by atoms with Gasteiger partial charge in [-0.05, 0) is 50.2 Å². The summed E-state index contributed by atoms with van der Waals surface area (Å²) < 4.78 is 4.94. The molecule has 1 unspecified atom stereocenters. The molecule has 3 nitrogen and oxygen atoms in total. The quantitative estimate of drug-likeness (QED) is 0.749. The van der Waals surface area contributed by atoms with Crippen LogP contribution in [0.5, 0.6) is 5.75 Å². The number of fused-ring (bicyclic) bond motifs is 1. The molecule has 1 aliphatic rings. The van der Waals surface area contributed by atoms with E-state index in [0.717, 1.165) is 20.5 Å². The van der Waals surface area contributed by atoms with Crippen LogP contribution in [-0.4, -0.2) is 31.7 Å². The van der Waals surface area contributed by atoms with E-state index in [1.165, 1.54) is 11.1 Å². The normalized spacial score (nSPS) is 19.1. The lowest BCUT2D eigenvalue weighted by Crippen LogP contribution is -2.17. The average Bonchev–Trinajstić information content (AvgIpc) is 2.61. The van der Waals surface area contributed by atoms with E-state index in [1.54, 1.807) is 0 Å². The zero-order valence-electron chi connectivity index (χ0n) is 9.10. The molecule has 0 saturated heterocycles. The lowest BCUT2D eigenvalue weighted by Gasteiger charge is -2.20. The fourth-order valence-electron chi connectivity index (χ4n) is 2.24. The number of hydrogen-bond acceptors (Lipinski definition) is 3. The lowest BCUT2D eigenvalue weighted by molar-refractivity contribution is 0.299. The Kier molecular flexibility index (Phi) is 2.98. The molecule has 0 bridgehead atoms. The molecule has 2 rings (SSSR count). The maximum Gasteiger partial charge on any atom is 0.569 e. The molecule has 0 aliphatic heterocycles. The molecule has 1 aromatic carbocycles. The van der Waals surface area contributed by atoms with Gasteiger partial charge in [0.1, 0.15) is 5.75 Å². The summed E-state index contributed by atoms with van der Waals surface area (Å²) in [5.41, 5.74) is 2.71. The zero-order valence-corrected chi connectivity index (χ0v) is 9.10. The number of hydrogen-bond donors (Lipinski definition) is 1. The third kappa shape index (κ3) is 2.01. The predicted molar refractivity (Wildman–Crippen MR) is 59.8 cm³/mol. The Labute approximate surface area is 91.0 Å². The molecule has 0 aromatic heterocycles. The van der Waals surface area contributed by atoms with Gasteiger partial charge in [-0.15, -0.1) is 0 Å². The highest BCUT2D eigenvalue weighted by atomic mass is 16.5. The van der Waals surface area contributed by atoms with Crippen LogP contribution in [0.25, 0.3) is 0 Å². The van der Waals surface area contributed by atoms with Gasteiger partial charge in [-0.25, -0.2) is 0 Å². The van der Waals surface area contributed by atoms with Crippen LogP contribution in [0.2, 0.25) is 0 Å². The largest absolute Gasteiger partial charge is 0.569 e. The summed E-state index contributed by atoms with van der Waals surface area (Å²) >= 11 is 0. The highest BCUT2D eigenvalue weighted by Gasteiger charge is 2.24. The fraction of sp³-hybridized carbons (Fsp3) is 0.455. The Morgan fingerprint density at radius 1 is 1.47 bits per heavy atom. The molecule has 0 amide bonds. The summed E-state index contributed by atoms with van der Waals surface area (Å²) in [7, 11) is 4.93. The van der Waals surface area contributed by atoms with E-state index in [1.807, 2.05) is 12.1 Å². The average molecular weight is 204 g/mol.